The number of halogens is 2. The van der Waals surface area contributed by atoms with Crippen molar-refractivity contribution < 1.29 is 0 Å². The minimum atomic E-state index is -0.207. The molecule has 0 spiro atoms. The van der Waals surface area contributed by atoms with E-state index in [-0.39, 0.29) is 11.4 Å². The van der Waals surface area contributed by atoms with Crippen molar-refractivity contribution in [3.63, 3.8) is 0 Å². The van der Waals surface area contributed by atoms with Gasteiger partial charge in [-0.15, -0.1) is 11.6 Å². The van der Waals surface area contributed by atoms with Gasteiger partial charge in [0.2, 0.25) is 0 Å². The van der Waals surface area contributed by atoms with E-state index < -0.39 is 0 Å². The molecule has 0 amide bonds. The normalized spacial score (nSPS) is 11.5. The first kappa shape index (κ1) is 17.1. The second-order valence-corrected chi connectivity index (χ2v) is 7.20. The second-order valence-electron chi connectivity index (χ2n) is 6.49. The van der Waals surface area contributed by atoms with Crippen LogP contribution in [0.4, 0.5) is 0 Å². The van der Waals surface area contributed by atoms with E-state index >= 15 is 0 Å². The van der Waals surface area contributed by atoms with E-state index in [0.29, 0.717) is 16.4 Å². The lowest BCUT2D eigenvalue weighted by molar-refractivity contribution is 0.891. The van der Waals surface area contributed by atoms with E-state index in [2.05, 4.69) is 15.1 Å². The number of benzene rings is 2. The molecule has 0 saturated heterocycles. The number of hydrogen-bond donors (Lipinski definition) is 2. The van der Waals surface area contributed by atoms with Crippen LogP contribution in [0.3, 0.4) is 0 Å². The van der Waals surface area contributed by atoms with Crippen molar-refractivity contribution in [3.05, 3.63) is 81.9 Å². The zero-order chi connectivity index (χ0) is 19.3. The Bertz CT molecular complexity index is 1380. The highest BCUT2D eigenvalue weighted by Gasteiger charge is 2.20. The van der Waals surface area contributed by atoms with Crippen LogP contribution >= 0.6 is 23.2 Å². The molecule has 0 bridgehead atoms. The first-order valence-corrected chi connectivity index (χ1v) is 9.60. The molecule has 7 heteroatoms. The predicted molar refractivity (Wildman–Crippen MR) is 113 cm³/mol. The van der Waals surface area contributed by atoms with E-state index in [1.54, 1.807) is 0 Å². The molecule has 0 saturated carbocycles. The van der Waals surface area contributed by atoms with Gasteiger partial charge in [0.15, 0.2) is 5.65 Å². The number of nitrogens with zero attached hydrogens (tertiary/aromatic N) is 2. The van der Waals surface area contributed by atoms with Crippen LogP contribution in [0.15, 0.2) is 65.6 Å². The van der Waals surface area contributed by atoms with Crippen LogP contribution < -0.4 is 5.56 Å². The number of aromatic nitrogens is 4. The molecule has 3 heterocycles. The molecule has 0 unspecified atom stereocenters. The number of alkyl halides is 1. The highest BCUT2D eigenvalue weighted by Crippen LogP contribution is 2.38. The van der Waals surface area contributed by atoms with Crippen LogP contribution in [0.2, 0.25) is 5.02 Å². The van der Waals surface area contributed by atoms with Crippen LogP contribution in [0.25, 0.3) is 38.9 Å². The van der Waals surface area contributed by atoms with Crippen LogP contribution in [-0.4, -0.2) is 19.6 Å². The average molecular weight is 409 g/mol. The summed E-state index contributed by atoms with van der Waals surface area (Å²) in [5, 5.41) is 4.91. The van der Waals surface area contributed by atoms with Gasteiger partial charge in [-0.1, -0.05) is 41.9 Å². The largest absolute Gasteiger partial charge is 0.361 e. The first-order chi connectivity index (χ1) is 13.7. The lowest BCUT2D eigenvalue weighted by atomic mass is 10.0. The molecule has 0 aliphatic rings. The quantitative estimate of drug-likeness (QED) is 0.401. The minimum absolute atomic E-state index is 0.167. The molecule has 3 aromatic heterocycles. The summed E-state index contributed by atoms with van der Waals surface area (Å²) in [7, 11) is 0. The van der Waals surface area contributed by atoms with Crippen molar-refractivity contribution in [2.75, 3.05) is 0 Å². The number of H-pyrrole nitrogens is 2. The monoisotopic (exact) mass is 408 g/mol. The Kier molecular flexibility index (Phi) is 4.00. The summed E-state index contributed by atoms with van der Waals surface area (Å²) in [5.74, 6) is 0.167. The number of para-hydroxylation sites is 1. The Morgan fingerprint density at radius 3 is 2.64 bits per heavy atom. The summed E-state index contributed by atoms with van der Waals surface area (Å²) in [5.41, 5.74) is 5.37. The summed E-state index contributed by atoms with van der Waals surface area (Å²) >= 11 is 12.0. The lowest BCUT2D eigenvalue weighted by Gasteiger charge is -2.04. The second kappa shape index (κ2) is 6.55. The van der Waals surface area contributed by atoms with E-state index in [1.807, 2.05) is 54.7 Å². The Hall–Kier alpha value is -3.02. The highest BCUT2D eigenvalue weighted by atomic mass is 35.5. The van der Waals surface area contributed by atoms with E-state index in [1.165, 1.54) is 10.6 Å². The van der Waals surface area contributed by atoms with Crippen molar-refractivity contribution in [1.29, 1.82) is 0 Å². The average Bonchev–Trinajstić information content (AvgIpc) is 3.30. The number of rotatable bonds is 3. The fourth-order valence-electron chi connectivity index (χ4n) is 3.51. The van der Waals surface area contributed by atoms with Gasteiger partial charge in [0.25, 0.3) is 5.56 Å². The Morgan fingerprint density at radius 1 is 1.07 bits per heavy atom. The summed E-state index contributed by atoms with van der Waals surface area (Å²) in [6.45, 7) is 0. The van der Waals surface area contributed by atoms with Gasteiger partial charge in [-0.2, -0.15) is 0 Å². The maximum atomic E-state index is 12.6. The van der Waals surface area contributed by atoms with Crippen LogP contribution in [0.1, 0.15) is 5.69 Å². The molecule has 0 fully saturated rings. The van der Waals surface area contributed by atoms with Crippen LogP contribution in [-0.2, 0) is 5.88 Å². The predicted octanol–water partition coefficient (Wildman–Crippen LogP) is 5.23. The summed E-state index contributed by atoms with van der Waals surface area (Å²) in [4.78, 5) is 20.6. The van der Waals surface area contributed by atoms with Crippen LogP contribution in [0, 0.1) is 0 Å². The zero-order valence-electron chi connectivity index (χ0n) is 14.5. The molecule has 0 radical (unpaired) electrons. The SMILES string of the molecule is O=c1cc(CCl)nc2c(-c3c[nH]c4ccccc34)c(-c3ccc(Cl)cc3)[nH]n12. The van der Waals surface area contributed by atoms with Gasteiger partial charge in [-0.05, 0) is 18.2 Å². The number of hydrogen-bond acceptors (Lipinski definition) is 2. The van der Waals surface area contributed by atoms with Gasteiger partial charge in [0, 0.05) is 39.3 Å². The summed E-state index contributed by atoms with van der Waals surface area (Å²) < 4.78 is 1.46. The van der Waals surface area contributed by atoms with E-state index in [0.717, 1.165) is 33.3 Å². The maximum Gasteiger partial charge on any atom is 0.272 e. The van der Waals surface area contributed by atoms with E-state index in [4.69, 9.17) is 23.2 Å². The third kappa shape index (κ3) is 2.63. The fraction of sp³-hybridized carbons (Fsp3) is 0.0476. The van der Waals surface area contributed by atoms with Crippen molar-refractivity contribution in [2.45, 2.75) is 5.88 Å². The van der Waals surface area contributed by atoms with Crippen LogP contribution in [0.5, 0.6) is 0 Å². The van der Waals surface area contributed by atoms with Gasteiger partial charge in [-0.25, -0.2) is 9.50 Å². The summed E-state index contributed by atoms with van der Waals surface area (Å²) in [6.07, 6.45) is 1.94. The molecule has 2 N–H and O–H groups in total. The van der Waals surface area contributed by atoms with Crippen molar-refractivity contribution in [3.8, 4) is 22.4 Å². The molecule has 0 atom stereocenters. The summed E-state index contributed by atoms with van der Waals surface area (Å²) in [6, 6.07) is 16.9. The number of nitrogens with one attached hydrogen (secondary N) is 2. The maximum absolute atomic E-state index is 12.6. The van der Waals surface area contributed by atoms with Crippen molar-refractivity contribution in [1.82, 2.24) is 19.6 Å². The number of aromatic amines is 2. The smallest absolute Gasteiger partial charge is 0.272 e. The lowest BCUT2D eigenvalue weighted by Crippen LogP contribution is -2.15. The van der Waals surface area contributed by atoms with Crippen molar-refractivity contribution in [2.24, 2.45) is 0 Å². The molecule has 28 heavy (non-hydrogen) atoms. The molecular weight excluding hydrogens is 395 g/mol. The fourth-order valence-corrected chi connectivity index (χ4v) is 3.78. The molecule has 138 valence electrons. The zero-order valence-corrected chi connectivity index (χ0v) is 16.1. The molecule has 0 aliphatic carbocycles. The molecular formula is C21H14Cl2N4O. The molecule has 2 aromatic carbocycles. The third-order valence-electron chi connectivity index (χ3n) is 4.80. The van der Waals surface area contributed by atoms with E-state index in [9.17, 15) is 4.79 Å². The highest BCUT2D eigenvalue weighted by molar-refractivity contribution is 6.30. The topological polar surface area (TPSA) is 66.0 Å². The van der Waals surface area contributed by atoms with Crippen molar-refractivity contribution >= 4 is 39.8 Å². The Morgan fingerprint density at radius 2 is 1.86 bits per heavy atom. The Balaban J connectivity index is 1.92. The van der Waals surface area contributed by atoms with Gasteiger partial charge in [0.1, 0.15) is 0 Å². The van der Waals surface area contributed by atoms with Gasteiger partial charge >= 0.3 is 0 Å². The van der Waals surface area contributed by atoms with Gasteiger partial charge in [0.05, 0.1) is 22.8 Å². The minimum Gasteiger partial charge on any atom is -0.361 e. The van der Waals surface area contributed by atoms with Gasteiger partial charge in [-0.3, -0.25) is 9.89 Å². The van der Waals surface area contributed by atoms with Gasteiger partial charge < -0.3 is 4.98 Å². The number of fused-ring (bicyclic) bond motifs is 2. The third-order valence-corrected chi connectivity index (χ3v) is 5.32. The molecule has 0 aliphatic heterocycles. The molecule has 5 rings (SSSR count). The molecule has 5 nitrogen and oxygen atoms in total. The standard InChI is InChI=1S/C21H14Cl2N4O/c22-10-14-9-18(28)27-21(25-14)19(16-11-24-17-4-2-1-3-15(16)17)20(26-27)12-5-7-13(23)8-6-12/h1-9,11,24,26H,10H2. The Labute approximate surface area is 169 Å². The molecule has 5 aromatic rings. The first-order valence-electron chi connectivity index (χ1n) is 8.69.